The number of aromatic nitrogens is 1. The highest BCUT2D eigenvalue weighted by molar-refractivity contribution is 9.10. The van der Waals surface area contributed by atoms with Crippen LogP contribution in [0.3, 0.4) is 0 Å². The number of pyridine rings is 1. The summed E-state index contributed by atoms with van der Waals surface area (Å²) in [6, 6.07) is 3.45. The second-order valence-corrected chi connectivity index (χ2v) is 6.79. The third kappa shape index (κ3) is 3.99. The van der Waals surface area contributed by atoms with Crippen LogP contribution in [0.15, 0.2) is 16.6 Å². The summed E-state index contributed by atoms with van der Waals surface area (Å²) in [4.78, 5) is 17.4. The van der Waals surface area contributed by atoms with E-state index in [1.54, 1.807) is 17.0 Å². The summed E-state index contributed by atoms with van der Waals surface area (Å²) < 4.78 is 11.7. The zero-order chi connectivity index (χ0) is 14.9. The summed E-state index contributed by atoms with van der Waals surface area (Å²) in [5.41, 5.74) is -0.486. The van der Waals surface area contributed by atoms with Gasteiger partial charge in [-0.1, -0.05) is 11.6 Å². The van der Waals surface area contributed by atoms with Crippen molar-refractivity contribution in [3.05, 3.63) is 21.8 Å². The largest absolute Gasteiger partial charge is 0.470 e. The van der Waals surface area contributed by atoms with Crippen molar-refractivity contribution >= 4 is 33.6 Å². The van der Waals surface area contributed by atoms with Crippen molar-refractivity contribution in [1.82, 2.24) is 9.88 Å². The number of hydrogen-bond acceptors (Lipinski definition) is 4. The highest BCUT2D eigenvalue weighted by atomic mass is 79.9. The maximum absolute atomic E-state index is 11.8. The van der Waals surface area contributed by atoms with Gasteiger partial charge in [0.25, 0.3) is 0 Å². The van der Waals surface area contributed by atoms with Crippen molar-refractivity contribution in [3.8, 4) is 5.88 Å². The number of amides is 1. The minimum atomic E-state index is -0.486. The Labute approximate surface area is 131 Å². The Balaban J connectivity index is 1.85. The van der Waals surface area contributed by atoms with Crippen molar-refractivity contribution in [2.24, 2.45) is 0 Å². The molecule has 0 bridgehead atoms. The maximum atomic E-state index is 11.8. The minimum Gasteiger partial charge on any atom is -0.470 e. The Morgan fingerprint density at radius 1 is 1.45 bits per heavy atom. The van der Waals surface area contributed by atoms with Crippen LogP contribution < -0.4 is 4.74 Å². The molecule has 0 aromatic carbocycles. The fourth-order valence-corrected chi connectivity index (χ4v) is 2.08. The lowest BCUT2D eigenvalue weighted by atomic mass is 10.2. The molecule has 0 radical (unpaired) electrons. The van der Waals surface area contributed by atoms with Crippen LogP contribution in [0.1, 0.15) is 20.8 Å². The van der Waals surface area contributed by atoms with Crippen LogP contribution in [0.2, 0.25) is 5.15 Å². The summed E-state index contributed by atoms with van der Waals surface area (Å²) >= 11 is 9.16. The highest BCUT2D eigenvalue weighted by Gasteiger charge is 2.35. The molecule has 1 aromatic rings. The molecule has 1 saturated heterocycles. The quantitative estimate of drug-likeness (QED) is 0.755. The summed E-state index contributed by atoms with van der Waals surface area (Å²) in [5, 5.41) is 0.367. The van der Waals surface area contributed by atoms with Gasteiger partial charge in [-0.2, -0.15) is 0 Å². The average molecular weight is 364 g/mol. The van der Waals surface area contributed by atoms with Gasteiger partial charge in [-0.15, -0.1) is 0 Å². The van der Waals surface area contributed by atoms with Crippen molar-refractivity contribution in [2.45, 2.75) is 32.5 Å². The first-order valence-corrected chi connectivity index (χ1v) is 7.38. The molecule has 1 amide bonds. The number of rotatable bonds is 2. The molecule has 0 unspecified atom stereocenters. The minimum absolute atomic E-state index is 0.0928. The normalized spacial score (nSPS) is 15.8. The lowest BCUT2D eigenvalue weighted by molar-refractivity contribution is -0.0234. The molecule has 2 heterocycles. The van der Waals surface area contributed by atoms with Crippen LogP contribution in [0, 0.1) is 0 Å². The van der Waals surface area contributed by atoms with Gasteiger partial charge in [0.1, 0.15) is 16.9 Å². The third-order valence-corrected chi connectivity index (χ3v) is 3.37. The standard InChI is InChI=1S/C13H16BrClN2O3/c1-13(2,3)20-12(18)17-6-8(7-17)19-11-9(14)4-5-10(15)16-11/h4-5,8H,6-7H2,1-3H3. The van der Waals surface area contributed by atoms with Gasteiger partial charge in [-0.05, 0) is 48.8 Å². The molecule has 0 atom stereocenters. The Kier molecular flexibility index (Phi) is 4.44. The van der Waals surface area contributed by atoms with E-state index in [2.05, 4.69) is 20.9 Å². The topological polar surface area (TPSA) is 51.7 Å². The maximum Gasteiger partial charge on any atom is 0.410 e. The molecule has 2 rings (SSSR count). The number of carbonyl (C=O) groups excluding carboxylic acids is 1. The van der Waals surface area contributed by atoms with Gasteiger partial charge in [0, 0.05) is 0 Å². The molecule has 1 aliphatic rings. The Morgan fingerprint density at radius 2 is 2.10 bits per heavy atom. The summed E-state index contributed by atoms with van der Waals surface area (Å²) in [5.74, 6) is 0.436. The molecule has 0 aliphatic carbocycles. The van der Waals surface area contributed by atoms with Crippen LogP contribution in [0.4, 0.5) is 4.79 Å². The predicted octanol–water partition coefficient (Wildman–Crippen LogP) is 3.50. The van der Waals surface area contributed by atoms with Crippen molar-refractivity contribution in [1.29, 1.82) is 0 Å². The first-order valence-electron chi connectivity index (χ1n) is 6.21. The molecule has 0 N–H and O–H groups in total. The van der Waals surface area contributed by atoms with Crippen LogP contribution >= 0.6 is 27.5 Å². The van der Waals surface area contributed by atoms with Crippen molar-refractivity contribution in [3.63, 3.8) is 0 Å². The molecule has 1 aromatic heterocycles. The molecule has 0 saturated carbocycles. The third-order valence-electron chi connectivity index (χ3n) is 2.56. The van der Waals surface area contributed by atoms with Gasteiger partial charge in [-0.3, -0.25) is 0 Å². The molecule has 110 valence electrons. The van der Waals surface area contributed by atoms with Gasteiger partial charge in [-0.25, -0.2) is 9.78 Å². The van der Waals surface area contributed by atoms with Gasteiger partial charge >= 0.3 is 6.09 Å². The molecular formula is C13H16BrClN2O3. The zero-order valence-corrected chi connectivity index (χ0v) is 13.9. The number of halogens is 2. The highest BCUT2D eigenvalue weighted by Crippen LogP contribution is 2.27. The Bertz CT molecular complexity index is 513. The lowest BCUT2D eigenvalue weighted by Crippen LogP contribution is -2.57. The first-order chi connectivity index (χ1) is 9.24. The average Bonchev–Trinajstić information content (AvgIpc) is 2.24. The zero-order valence-electron chi connectivity index (χ0n) is 11.5. The second-order valence-electron chi connectivity index (χ2n) is 5.55. The van der Waals surface area contributed by atoms with E-state index in [0.717, 1.165) is 4.47 Å². The van der Waals surface area contributed by atoms with Gasteiger partial charge in [0.2, 0.25) is 5.88 Å². The monoisotopic (exact) mass is 362 g/mol. The lowest BCUT2D eigenvalue weighted by Gasteiger charge is -2.39. The van der Waals surface area contributed by atoms with Crippen LogP contribution in [0.5, 0.6) is 5.88 Å². The van der Waals surface area contributed by atoms with E-state index in [-0.39, 0.29) is 12.2 Å². The number of carbonyl (C=O) groups is 1. The Morgan fingerprint density at radius 3 is 2.70 bits per heavy atom. The predicted molar refractivity (Wildman–Crippen MR) is 79.2 cm³/mol. The van der Waals surface area contributed by atoms with Gasteiger partial charge in [0.05, 0.1) is 17.6 Å². The summed E-state index contributed by atoms with van der Waals surface area (Å²) in [6.07, 6.45) is -0.416. The number of ether oxygens (including phenoxy) is 2. The van der Waals surface area contributed by atoms with E-state index < -0.39 is 5.60 Å². The van der Waals surface area contributed by atoms with Gasteiger partial charge in [0.15, 0.2) is 0 Å². The van der Waals surface area contributed by atoms with Crippen LogP contribution in [-0.2, 0) is 4.74 Å². The van der Waals surface area contributed by atoms with E-state index in [1.807, 2.05) is 20.8 Å². The molecule has 1 fully saturated rings. The number of likely N-dealkylation sites (tertiary alicyclic amines) is 1. The summed E-state index contributed by atoms with van der Waals surface area (Å²) in [6.45, 7) is 6.48. The molecule has 5 nitrogen and oxygen atoms in total. The first kappa shape index (κ1) is 15.4. The van der Waals surface area contributed by atoms with E-state index in [4.69, 9.17) is 21.1 Å². The number of nitrogens with zero attached hydrogens (tertiary/aromatic N) is 2. The molecular weight excluding hydrogens is 348 g/mol. The van der Waals surface area contributed by atoms with Crippen LogP contribution in [-0.4, -0.2) is 40.8 Å². The smallest absolute Gasteiger partial charge is 0.410 e. The van der Waals surface area contributed by atoms with Gasteiger partial charge < -0.3 is 14.4 Å². The SMILES string of the molecule is CC(C)(C)OC(=O)N1CC(Oc2nc(Cl)ccc2Br)C1. The second kappa shape index (κ2) is 5.77. The van der Waals surface area contributed by atoms with E-state index in [9.17, 15) is 4.79 Å². The van der Waals surface area contributed by atoms with E-state index in [1.165, 1.54) is 0 Å². The van der Waals surface area contributed by atoms with E-state index >= 15 is 0 Å². The summed E-state index contributed by atoms with van der Waals surface area (Å²) in [7, 11) is 0. The number of hydrogen-bond donors (Lipinski definition) is 0. The molecule has 7 heteroatoms. The fraction of sp³-hybridized carbons (Fsp3) is 0.538. The molecule has 0 spiro atoms. The molecule has 20 heavy (non-hydrogen) atoms. The Hall–Kier alpha value is -1.01. The van der Waals surface area contributed by atoms with Crippen LogP contribution in [0.25, 0.3) is 0 Å². The fourth-order valence-electron chi connectivity index (χ4n) is 1.63. The van der Waals surface area contributed by atoms with Crippen molar-refractivity contribution in [2.75, 3.05) is 13.1 Å². The molecule has 1 aliphatic heterocycles. The van der Waals surface area contributed by atoms with E-state index in [0.29, 0.717) is 24.1 Å². The van der Waals surface area contributed by atoms with Crippen molar-refractivity contribution < 1.29 is 14.3 Å².